The molecule has 0 unspecified atom stereocenters. The maximum absolute atomic E-state index is 11.2. The lowest BCUT2D eigenvalue weighted by Gasteiger charge is -2.07. The number of hydrogen-bond donors (Lipinski definition) is 3. The van der Waals surface area contributed by atoms with Gasteiger partial charge in [0.1, 0.15) is 11.5 Å². The second kappa shape index (κ2) is 7.08. The number of amides is 1. The van der Waals surface area contributed by atoms with Crippen molar-refractivity contribution in [2.24, 2.45) is 0 Å². The van der Waals surface area contributed by atoms with Gasteiger partial charge in [0.05, 0.1) is 12.2 Å². The first kappa shape index (κ1) is 15.3. The fraction of sp³-hybridized carbons (Fsp3) is 0.467. The summed E-state index contributed by atoms with van der Waals surface area (Å²) in [7, 11) is 0. The molecule has 3 N–H and O–H groups in total. The molecule has 0 aromatic carbocycles. The van der Waals surface area contributed by atoms with Crippen molar-refractivity contribution in [1.29, 1.82) is 0 Å². The molecular weight excluding hydrogens is 268 g/mol. The molecule has 2 rings (SSSR count). The van der Waals surface area contributed by atoms with E-state index >= 15 is 0 Å². The Morgan fingerprint density at radius 2 is 2.19 bits per heavy atom. The first-order valence-corrected chi connectivity index (χ1v) is 7.30. The monoisotopic (exact) mass is 290 g/mol. The number of hydroxylamine groups is 1. The normalized spacial score (nSPS) is 10.8. The number of carbonyl (C=O) groups is 1. The van der Waals surface area contributed by atoms with Crippen molar-refractivity contribution in [2.75, 3.05) is 11.9 Å². The lowest BCUT2D eigenvalue weighted by Crippen LogP contribution is -2.27. The molecule has 0 saturated heterocycles. The maximum atomic E-state index is 11.2. The van der Waals surface area contributed by atoms with Gasteiger partial charge in [-0.05, 0) is 31.4 Å². The van der Waals surface area contributed by atoms with Gasteiger partial charge in [-0.1, -0.05) is 25.8 Å². The van der Waals surface area contributed by atoms with Crippen LogP contribution in [0.2, 0.25) is 0 Å². The number of aromatic nitrogens is 2. The number of fused-ring (bicyclic) bond motifs is 1. The molecule has 21 heavy (non-hydrogen) atoms. The van der Waals surface area contributed by atoms with Gasteiger partial charge in [0.25, 0.3) is 5.91 Å². The van der Waals surface area contributed by atoms with Gasteiger partial charge in [-0.2, -0.15) is 0 Å². The van der Waals surface area contributed by atoms with Crippen molar-refractivity contribution >= 4 is 17.4 Å². The van der Waals surface area contributed by atoms with Gasteiger partial charge in [-0.25, -0.2) is 10.5 Å². The maximum Gasteiger partial charge on any atom is 0.262 e. The number of aryl methyl sites for hydroxylation is 2. The molecule has 0 aliphatic heterocycles. The van der Waals surface area contributed by atoms with Gasteiger partial charge >= 0.3 is 0 Å². The van der Waals surface area contributed by atoms with Gasteiger partial charge in [0.2, 0.25) is 0 Å². The molecule has 2 heterocycles. The minimum atomic E-state index is -0.484. The summed E-state index contributed by atoms with van der Waals surface area (Å²) in [6, 6.07) is 3.98. The number of pyridine rings is 1. The summed E-state index contributed by atoms with van der Waals surface area (Å²) in [6.45, 7) is 4.21. The Morgan fingerprint density at radius 1 is 1.38 bits per heavy atom. The Balaban J connectivity index is 2.28. The van der Waals surface area contributed by atoms with E-state index in [1.165, 1.54) is 0 Å². The second-order valence-corrected chi connectivity index (χ2v) is 5.19. The van der Waals surface area contributed by atoms with Crippen LogP contribution in [0.4, 0.5) is 5.82 Å². The van der Waals surface area contributed by atoms with Crippen LogP contribution in [0.15, 0.2) is 18.3 Å². The van der Waals surface area contributed by atoms with Crippen LogP contribution in [0, 0.1) is 6.92 Å². The van der Waals surface area contributed by atoms with Crippen molar-refractivity contribution in [3.8, 4) is 0 Å². The van der Waals surface area contributed by atoms with Crippen LogP contribution in [0.25, 0.3) is 5.65 Å². The summed E-state index contributed by atoms with van der Waals surface area (Å²) < 4.78 is 2.07. The zero-order chi connectivity index (χ0) is 15.2. The molecule has 6 heteroatoms. The van der Waals surface area contributed by atoms with Gasteiger partial charge in [-0.3, -0.25) is 10.0 Å². The Labute approximate surface area is 124 Å². The molecule has 0 bridgehead atoms. The molecule has 2 aromatic rings. The Morgan fingerprint density at radius 3 is 2.90 bits per heavy atom. The van der Waals surface area contributed by atoms with Crippen LogP contribution in [0.5, 0.6) is 0 Å². The van der Waals surface area contributed by atoms with Crippen molar-refractivity contribution < 1.29 is 10.0 Å². The lowest BCUT2D eigenvalue weighted by molar-refractivity contribution is -0.127. The highest BCUT2D eigenvalue weighted by molar-refractivity contribution is 5.79. The number of rotatable bonds is 7. The highest BCUT2D eigenvalue weighted by atomic mass is 16.5. The third-order valence-electron chi connectivity index (χ3n) is 3.42. The fourth-order valence-electron chi connectivity index (χ4n) is 2.33. The number of imidazole rings is 1. The standard InChI is InChI=1S/C15H22N4O2/c1-3-4-5-6-12-15(16-9-14(20)18-21)17-13-8-7-11(2)10-19(12)13/h7-8,10,16,21H,3-6,9H2,1-2H3,(H,18,20). The van der Waals surface area contributed by atoms with E-state index in [0.717, 1.165) is 42.6 Å². The smallest absolute Gasteiger partial charge is 0.262 e. The lowest BCUT2D eigenvalue weighted by atomic mass is 10.1. The van der Waals surface area contributed by atoms with Crippen LogP contribution in [0.1, 0.15) is 37.4 Å². The quantitative estimate of drug-likeness (QED) is 0.415. The van der Waals surface area contributed by atoms with Crippen LogP contribution >= 0.6 is 0 Å². The minimum Gasteiger partial charge on any atom is -0.359 e. The number of nitrogens with one attached hydrogen (secondary N) is 2. The molecular formula is C15H22N4O2. The Hall–Kier alpha value is -2.08. The first-order valence-electron chi connectivity index (χ1n) is 7.30. The van der Waals surface area contributed by atoms with E-state index in [0.29, 0.717) is 5.82 Å². The number of nitrogens with zero attached hydrogens (tertiary/aromatic N) is 2. The molecule has 1 amide bonds. The summed E-state index contributed by atoms with van der Waals surface area (Å²) in [5.41, 5.74) is 4.71. The summed E-state index contributed by atoms with van der Waals surface area (Å²) >= 11 is 0. The number of carbonyl (C=O) groups excluding carboxylic acids is 1. The van der Waals surface area contributed by atoms with Crippen molar-refractivity contribution in [2.45, 2.75) is 39.5 Å². The van der Waals surface area contributed by atoms with E-state index in [4.69, 9.17) is 5.21 Å². The molecule has 2 aromatic heterocycles. The van der Waals surface area contributed by atoms with Crippen LogP contribution in [-0.2, 0) is 11.2 Å². The third kappa shape index (κ3) is 3.72. The zero-order valence-electron chi connectivity index (χ0n) is 12.5. The average molecular weight is 290 g/mol. The van der Waals surface area contributed by atoms with Gasteiger partial charge < -0.3 is 9.72 Å². The van der Waals surface area contributed by atoms with E-state index in [-0.39, 0.29) is 6.54 Å². The Kier molecular flexibility index (Phi) is 5.16. The van der Waals surface area contributed by atoms with Crippen LogP contribution in [0.3, 0.4) is 0 Å². The summed E-state index contributed by atoms with van der Waals surface area (Å²) in [4.78, 5) is 15.7. The average Bonchev–Trinajstić information content (AvgIpc) is 2.82. The summed E-state index contributed by atoms with van der Waals surface area (Å²) in [5.74, 6) is 0.225. The van der Waals surface area contributed by atoms with E-state index in [9.17, 15) is 4.79 Å². The molecule has 0 atom stereocenters. The van der Waals surface area contributed by atoms with Gasteiger partial charge in [0, 0.05) is 6.20 Å². The molecule has 0 saturated carbocycles. The van der Waals surface area contributed by atoms with E-state index in [1.54, 1.807) is 5.48 Å². The highest BCUT2D eigenvalue weighted by Crippen LogP contribution is 2.20. The predicted molar refractivity (Wildman–Crippen MR) is 81.6 cm³/mol. The summed E-state index contributed by atoms with van der Waals surface area (Å²) in [6.07, 6.45) is 6.36. The Bertz CT molecular complexity index is 621. The highest BCUT2D eigenvalue weighted by Gasteiger charge is 2.12. The van der Waals surface area contributed by atoms with Crippen LogP contribution in [-0.4, -0.2) is 27.0 Å². The predicted octanol–water partition coefficient (Wildman–Crippen LogP) is 2.29. The molecule has 6 nitrogen and oxygen atoms in total. The summed E-state index contributed by atoms with van der Waals surface area (Å²) in [5, 5.41) is 11.6. The van der Waals surface area contributed by atoms with E-state index in [1.807, 2.05) is 19.1 Å². The van der Waals surface area contributed by atoms with Crippen molar-refractivity contribution in [3.63, 3.8) is 0 Å². The van der Waals surface area contributed by atoms with Gasteiger partial charge in [-0.15, -0.1) is 0 Å². The molecule has 0 fully saturated rings. The first-order chi connectivity index (χ1) is 10.2. The van der Waals surface area contributed by atoms with E-state index < -0.39 is 5.91 Å². The molecule has 0 radical (unpaired) electrons. The third-order valence-corrected chi connectivity index (χ3v) is 3.42. The topological polar surface area (TPSA) is 78.7 Å². The number of hydrogen-bond acceptors (Lipinski definition) is 4. The van der Waals surface area contributed by atoms with E-state index in [2.05, 4.69) is 27.8 Å². The largest absolute Gasteiger partial charge is 0.359 e. The number of anilines is 1. The molecule has 0 aliphatic rings. The van der Waals surface area contributed by atoms with Gasteiger partial charge in [0.15, 0.2) is 0 Å². The fourth-order valence-corrected chi connectivity index (χ4v) is 2.33. The second-order valence-electron chi connectivity index (χ2n) is 5.19. The van der Waals surface area contributed by atoms with Crippen LogP contribution < -0.4 is 10.8 Å². The van der Waals surface area contributed by atoms with Crippen molar-refractivity contribution in [3.05, 3.63) is 29.6 Å². The molecule has 0 spiro atoms. The molecule has 0 aliphatic carbocycles. The SMILES string of the molecule is CCCCCc1c(NCC(=O)NO)nc2ccc(C)cn12. The minimum absolute atomic E-state index is 0.000141. The van der Waals surface area contributed by atoms with Crippen molar-refractivity contribution in [1.82, 2.24) is 14.9 Å². The molecule has 114 valence electrons. The number of unbranched alkanes of at least 4 members (excludes halogenated alkanes) is 2. The zero-order valence-corrected chi connectivity index (χ0v) is 12.5.